The fourth-order valence-corrected chi connectivity index (χ4v) is 2.60. The lowest BCUT2D eigenvalue weighted by Gasteiger charge is -2.12. The highest BCUT2D eigenvalue weighted by Crippen LogP contribution is 2.19. The van der Waals surface area contributed by atoms with Gasteiger partial charge in [0.1, 0.15) is 0 Å². The van der Waals surface area contributed by atoms with Gasteiger partial charge in [-0.25, -0.2) is 4.79 Å². The molecule has 0 aliphatic heterocycles. The van der Waals surface area contributed by atoms with Crippen LogP contribution in [0, 0.1) is 0 Å². The van der Waals surface area contributed by atoms with Crippen molar-refractivity contribution in [3.63, 3.8) is 0 Å². The minimum Gasteiger partial charge on any atom is -0.392 e. The maximum absolute atomic E-state index is 12.2. The SMILES string of the molecule is CC(O)Cn1c(=O)c2cccc(Br)c2n(C)c1=O. The Balaban J connectivity index is 2.93. The molecule has 6 heteroatoms. The standard InChI is InChI=1S/C12H13BrN2O3/c1-7(16)6-15-11(17)8-4-3-5-9(13)10(8)14(2)12(15)18/h3-5,7,16H,6H2,1-2H3. The van der Waals surface area contributed by atoms with E-state index < -0.39 is 11.8 Å². The van der Waals surface area contributed by atoms with Gasteiger partial charge < -0.3 is 5.11 Å². The topological polar surface area (TPSA) is 64.2 Å². The Morgan fingerprint density at radius 2 is 2.06 bits per heavy atom. The third kappa shape index (κ3) is 2.02. The van der Waals surface area contributed by atoms with Crippen LogP contribution in [0.2, 0.25) is 0 Å². The average Bonchev–Trinajstić information content (AvgIpc) is 2.31. The number of hydrogen-bond acceptors (Lipinski definition) is 3. The van der Waals surface area contributed by atoms with E-state index in [1.54, 1.807) is 25.2 Å². The molecule has 0 saturated heterocycles. The van der Waals surface area contributed by atoms with Gasteiger partial charge in [0.2, 0.25) is 0 Å². The van der Waals surface area contributed by atoms with Gasteiger partial charge in [0.25, 0.3) is 5.56 Å². The molecule has 1 N–H and O–H groups in total. The van der Waals surface area contributed by atoms with Crippen molar-refractivity contribution in [2.45, 2.75) is 19.6 Å². The second kappa shape index (κ2) is 4.70. The summed E-state index contributed by atoms with van der Waals surface area (Å²) in [5.74, 6) is 0. The van der Waals surface area contributed by atoms with Crippen LogP contribution >= 0.6 is 15.9 Å². The normalized spacial score (nSPS) is 12.9. The molecular formula is C12H13BrN2O3. The summed E-state index contributed by atoms with van der Waals surface area (Å²) >= 11 is 3.33. The van der Waals surface area contributed by atoms with Crippen LogP contribution in [-0.4, -0.2) is 20.3 Å². The summed E-state index contributed by atoms with van der Waals surface area (Å²) in [7, 11) is 1.60. The first-order chi connectivity index (χ1) is 8.43. The van der Waals surface area contributed by atoms with Crippen LogP contribution < -0.4 is 11.2 Å². The first-order valence-corrected chi connectivity index (χ1v) is 6.29. The predicted octanol–water partition coefficient (Wildman–Crippen LogP) is 0.843. The summed E-state index contributed by atoms with van der Waals surface area (Å²) in [5.41, 5.74) is -0.245. The van der Waals surface area contributed by atoms with E-state index in [2.05, 4.69) is 15.9 Å². The van der Waals surface area contributed by atoms with Crippen molar-refractivity contribution in [2.24, 2.45) is 7.05 Å². The molecule has 5 nitrogen and oxygen atoms in total. The molecule has 0 spiro atoms. The largest absolute Gasteiger partial charge is 0.392 e. The number of hydrogen-bond donors (Lipinski definition) is 1. The Kier molecular flexibility index (Phi) is 3.41. The highest BCUT2D eigenvalue weighted by atomic mass is 79.9. The van der Waals surface area contributed by atoms with Crippen LogP contribution in [0.4, 0.5) is 0 Å². The second-order valence-electron chi connectivity index (χ2n) is 4.24. The summed E-state index contributed by atoms with van der Waals surface area (Å²) in [6.07, 6.45) is -0.750. The second-order valence-corrected chi connectivity index (χ2v) is 5.10. The van der Waals surface area contributed by atoms with Crippen molar-refractivity contribution >= 4 is 26.8 Å². The van der Waals surface area contributed by atoms with Crippen molar-refractivity contribution in [1.29, 1.82) is 0 Å². The highest BCUT2D eigenvalue weighted by molar-refractivity contribution is 9.10. The molecule has 2 aromatic rings. The zero-order valence-electron chi connectivity index (χ0n) is 10.1. The molecule has 96 valence electrons. The van der Waals surface area contributed by atoms with E-state index in [-0.39, 0.29) is 12.1 Å². The molecule has 0 amide bonds. The molecule has 0 aliphatic carbocycles. The van der Waals surface area contributed by atoms with E-state index in [0.717, 1.165) is 4.57 Å². The van der Waals surface area contributed by atoms with Gasteiger partial charge in [0.05, 0.1) is 23.6 Å². The van der Waals surface area contributed by atoms with Gasteiger partial charge in [-0.15, -0.1) is 0 Å². The summed E-state index contributed by atoms with van der Waals surface area (Å²) in [6, 6.07) is 5.19. The molecule has 1 aromatic carbocycles. The zero-order chi connectivity index (χ0) is 13.4. The molecule has 0 fully saturated rings. The quantitative estimate of drug-likeness (QED) is 0.894. The van der Waals surface area contributed by atoms with E-state index in [4.69, 9.17) is 0 Å². The predicted molar refractivity (Wildman–Crippen MR) is 72.8 cm³/mol. The number of benzene rings is 1. The van der Waals surface area contributed by atoms with Crippen LogP contribution in [0.3, 0.4) is 0 Å². The summed E-state index contributed by atoms with van der Waals surface area (Å²) in [4.78, 5) is 24.3. The number of aliphatic hydroxyl groups excluding tert-OH is 1. The molecule has 1 atom stereocenters. The number of para-hydroxylation sites is 1. The highest BCUT2D eigenvalue weighted by Gasteiger charge is 2.13. The number of nitrogens with zero attached hydrogens (tertiary/aromatic N) is 2. The summed E-state index contributed by atoms with van der Waals surface area (Å²) in [6.45, 7) is 1.53. The molecule has 1 unspecified atom stereocenters. The third-order valence-corrected chi connectivity index (χ3v) is 3.40. The maximum atomic E-state index is 12.2. The molecule has 0 radical (unpaired) electrons. The van der Waals surface area contributed by atoms with Crippen LogP contribution in [-0.2, 0) is 13.6 Å². The van der Waals surface area contributed by atoms with Gasteiger partial charge in [-0.2, -0.15) is 0 Å². The minimum absolute atomic E-state index is 0.00599. The fraction of sp³-hybridized carbons (Fsp3) is 0.333. The van der Waals surface area contributed by atoms with Crippen LogP contribution in [0.5, 0.6) is 0 Å². The number of aliphatic hydroxyl groups is 1. The van der Waals surface area contributed by atoms with Gasteiger partial charge in [-0.1, -0.05) is 6.07 Å². The molecular weight excluding hydrogens is 300 g/mol. The van der Waals surface area contributed by atoms with Crippen LogP contribution in [0.15, 0.2) is 32.3 Å². The Morgan fingerprint density at radius 1 is 1.39 bits per heavy atom. The lowest BCUT2D eigenvalue weighted by molar-refractivity contribution is 0.170. The summed E-state index contributed by atoms with van der Waals surface area (Å²) < 4.78 is 3.16. The van der Waals surface area contributed by atoms with Gasteiger partial charge in [0.15, 0.2) is 0 Å². The average molecular weight is 313 g/mol. The first kappa shape index (κ1) is 13.0. The van der Waals surface area contributed by atoms with Gasteiger partial charge >= 0.3 is 5.69 Å². The van der Waals surface area contributed by atoms with Crippen LogP contribution in [0.1, 0.15) is 6.92 Å². The number of halogens is 1. The molecule has 2 rings (SSSR count). The van der Waals surface area contributed by atoms with Gasteiger partial charge in [-0.05, 0) is 35.0 Å². The van der Waals surface area contributed by atoms with Gasteiger partial charge in [-0.3, -0.25) is 13.9 Å². The molecule has 0 saturated carbocycles. The maximum Gasteiger partial charge on any atom is 0.331 e. The molecule has 18 heavy (non-hydrogen) atoms. The Bertz CT molecular complexity index is 716. The Morgan fingerprint density at radius 3 is 2.67 bits per heavy atom. The van der Waals surface area contributed by atoms with E-state index in [0.29, 0.717) is 15.4 Å². The van der Waals surface area contributed by atoms with Crippen molar-refractivity contribution in [1.82, 2.24) is 9.13 Å². The summed E-state index contributed by atoms with van der Waals surface area (Å²) in [5, 5.41) is 9.81. The number of aryl methyl sites for hydroxylation is 1. The zero-order valence-corrected chi connectivity index (χ0v) is 11.6. The van der Waals surface area contributed by atoms with Gasteiger partial charge in [0, 0.05) is 11.5 Å². The number of aromatic nitrogens is 2. The molecule has 1 heterocycles. The van der Waals surface area contributed by atoms with Crippen molar-refractivity contribution in [3.05, 3.63) is 43.5 Å². The lowest BCUT2D eigenvalue weighted by Crippen LogP contribution is -2.41. The Hall–Kier alpha value is -1.40. The fourth-order valence-electron chi connectivity index (χ4n) is 1.96. The first-order valence-electron chi connectivity index (χ1n) is 5.49. The minimum atomic E-state index is -0.750. The molecule has 0 bridgehead atoms. The molecule has 1 aromatic heterocycles. The van der Waals surface area contributed by atoms with Crippen molar-refractivity contribution < 1.29 is 5.11 Å². The smallest absolute Gasteiger partial charge is 0.331 e. The third-order valence-electron chi connectivity index (χ3n) is 2.76. The lowest BCUT2D eigenvalue weighted by atomic mass is 10.2. The monoisotopic (exact) mass is 312 g/mol. The van der Waals surface area contributed by atoms with E-state index in [1.165, 1.54) is 11.5 Å². The van der Waals surface area contributed by atoms with E-state index in [9.17, 15) is 14.7 Å². The number of rotatable bonds is 2. The van der Waals surface area contributed by atoms with Crippen LogP contribution in [0.25, 0.3) is 10.9 Å². The number of fused-ring (bicyclic) bond motifs is 1. The Labute approximate surface area is 111 Å². The van der Waals surface area contributed by atoms with E-state index >= 15 is 0 Å². The van der Waals surface area contributed by atoms with Crippen molar-refractivity contribution in [2.75, 3.05) is 0 Å². The van der Waals surface area contributed by atoms with E-state index in [1.807, 2.05) is 0 Å². The molecule has 0 aliphatic rings. The van der Waals surface area contributed by atoms with Crippen molar-refractivity contribution in [3.8, 4) is 0 Å².